The highest BCUT2D eigenvalue weighted by Crippen LogP contribution is 2.43. The average molecular weight is 456 g/mol. The monoisotopic (exact) mass is 455 g/mol. The zero-order chi connectivity index (χ0) is 23.6. The Balaban J connectivity index is 1.82. The highest BCUT2D eigenvalue weighted by atomic mass is 28.4. The number of likely N-dealkylation sites (tertiary alicyclic amines) is 1. The molecule has 0 aliphatic carbocycles. The quantitative estimate of drug-likeness (QED) is 0.412. The van der Waals surface area contributed by atoms with E-state index < -0.39 is 13.7 Å². The largest absolute Gasteiger partial charge is 0.417 e. The number of carbonyl (C=O) groups is 1. The third-order valence-corrected chi connectivity index (χ3v) is 12.1. The van der Waals surface area contributed by atoms with E-state index in [0.29, 0.717) is 19.4 Å². The highest BCUT2D eigenvalue weighted by molar-refractivity contribution is 6.74. The predicted molar refractivity (Wildman–Crippen MR) is 131 cm³/mol. The minimum atomic E-state index is -1.90. The van der Waals surface area contributed by atoms with Crippen LogP contribution in [0.3, 0.4) is 0 Å². The smallest absolute Gasteiger partial charge is 0.229 e. The zero-order valence-electron chi connectivity index (χ0n) is 20.5. The molecule has 0 saturated carbocycles. The molecule has 0 aromatic heterocycles. The van der Waals surface area contributed by atoms with E-state index in [1.165, 1.54) is 12.1 Å². The maximum Gasteiger partial charge on any atom is 0.229 e. The number of amides is 1. The first kappa shape index (κ1) is 24.7. The number of rotatable bonds is 8. The number of benzene rings is 2. The molecule has 2 atom stereocenters. The van der Waals surface area contributed by atoms with Gasteiger partial charge in [0.1, 0.15) is 5.82 Å². The fourth-order valence-electron chi connectivity index (χ4n) is 4.32. The van der Waals surface area contributed by atoms with E-state index in [2.05, 4.69) is 52.9 Å². The van der Waals surface area contributed by atoms with Crippen LogP contribution >= 0.6 is 0 Å². The van der Waals surface area contributed by atoms with Crippen molar-refractivity contribution in [3.63, 3.8) is 0 Å². The summed E-state index contributed by atoms with van der Waals surface area (Å²) in [6, 6.07) is 16.8. The van der Waals surface area contributed by atoms with Crippen LogP contribution in [0.5, 0.6) is 0 Å². The van der Waals surface area contributed by atoms with E-state index in [4.69, 9.17) is 4.43 Å². The molecule has 0 spiro atoms. The van der Waals surface area contributed by atoms with Crippen LogP contribution in [0.4, 0.5) is 4.39 Å². The van der Waals surface area contributed by atoms with Crippen molar-refractivity contribution in [2.24, 2.45) is 5.41 Å². The minimum absolute atomic E-state index is 0.0279. The Morgan fingerprint density at radius 1 is 1.09 bits per heavy atom. The van der Waals surface area contributed by atoms with Crippen molar-refractivity contribution in [3.8, 4) is 0 Å². The first-order valence-corrected chi connectivity index (χ1v) is 14.6. The lowest BCUT2D eigenvalue weighted by Gasteiger charge is -2.37. The Kier molecular flexibility index (Phi) is 7.30. The molecule has 1 heterocycles. The van der Waals surface area contributed by atoms with Crippen LogP contribution in [0, 0.1) is 11.2 Å². The number of carbonyl (C=O) groups excluding carboxylic acids is 1. The second kappa shape index (κ2) is 9.48. The molecule has 2 aromatic rings. The molecule has 2 aromatic carbocycles. The molecular weight excluding hydrogens is 417 g/mol. The van der Waals surface area contributed by atoms with Crippen molar-refractivity contribution >= 4 is 14.2 Å². The molecule has 1 aliphatic heterocycles. The average Bonchev–Trinajstić information content (AvgIpc) is 3.05. The lowest BCUT2D eigenvalue weighted by Crippen LogP contribution is -2.43. The summed E-state index contributed by atoms with van der Waals surface area (Å²) in [6.07, 6.45) is 2.10. The summed E-state index contributed by atoms with van der Waals surface area (Å²) in [4.78, 5) is 15.9. The normalized spacial score (nSPS) is 20.6. The van der Waals surface area contributed by atoms with Gasteiger partial charge in [-0.2, -0.15) is 0 Å². The van der Waals surface area contributed by atoms with Crippen LogP contribution in [0.25, 0.3) is 0 Å². The fraction of sp³-hybridized carbons (Fsp3) is 0.519. The van der Waals surface area contributed by atoms with Gasteiger partial charge in [0.25, 0.3) is 0 Å². The van der Waals surface area contributed by atoms with E-state index in [1.54, 1.807) is 0 Å². The first-order valence-electron chi connectivity index (χ1n) is 11.7. The molecular formula is C27H38FNO2Si. The van der Waals surface area contributed by atoms with Crippen LogP contribution in [0.15, 0.2) is 54.6 Å². The van der Waals surface area contributed by atoms with Crippen molar-refractivity contribution in [2.45, 2.75) is 71.1 Å². The number of halogens is 1. The molecule has 0 radical (unpaired) electrons. The van der Waals surface area contributed by atoms with Gasteiger partial charge in [-0.05, 0) is 67.6 Å². The van der Waals surface area contributed by atoms with Gasteiger partial charge in [-0.15, -0.1) is 0 Å². The summed E-state index contributed by atoms with van der Waals surface area (Å²) in [5.41, 5.74) is 1.64. The molecule has 1 unspecified atom stereocenters. The standard InChI is InChI=1S/C27H38FNO2Si/c1-21(23-10-8-7-9-11-23)29-18-16-27(25(29)30,20-22-12-14-24(28)15-13-22)17-19-31-32(5,6)26(2,3)4/h7-15,21H,16-20H2,1-6H3/t21-,27?/m0/s1. The van der Waals surface area contributed by atoms with Crippen molar-refractivity contribution < 1.29 is 13.6 Å². The molecule has 0 N–H and O–H groups in total. The molecule has 3 rings (SSSR count). The second-order valence-corrected chi connectivity index (χ2v) is 15.6. The van der Waals surface area contributed by atoms with Gasteiger partial charge in [0.15, 0.2) is 8.32 Å². The molecule has 1 aliphatic rings. The van der Waals surface area contributed by atoms with E-state index in [1.807, 2.05) is 35.2 Å². The molecule has 5 heteroatoms. The second-order valence-electron chi connectivity index (χ2n) is 10.8. The van der Waals surface area contributed by atoms with Gasteiger partial charge in [0.2, 0.25) is 5.91 Å². The molecule has 1 fully saturated rings. The van der Waals surface area contributed by atoms with Gasteiger partial charge in [-0.1, -0.05) is 63.2 Å². The maximum atomic E-state index is 13.9. The summed E-state index contributed by atoms with van der Waals surface area (Å²) >= 11 is 0. The Morgan fingerprint density at radius 2 is 1.72 bits per heavy atom. The fourth-order valence-corrected chi connectivity index (χ4v) is 5.37. The topological polar surface area (TPSA) is 29.5 Å². The Bertz CT molecular complexity index is 908. The summed E-state index contributed by atoms with van der Waals surface area (Å²) in [5.74, 6) is -0.0573. The molecule has 1 saturated heterocycles. The van der Waals surface area contributed by atoms with E-state index >= 15 is 0 Å². The summed E-state index contributed by atoms with van der Waals surface area (Å²) in [5, 5.41) is 0.130. The predicted octanol–water partition coefficient (Wildman–Crippen LogP) is 6.76. The maximum absolute atomic E-state index is 13.9. The Hall–Kier alpha value is -1.98. The minimum Gasteiger partial charge on any atom is -0.417 e. The summed E-state index contributed by atoms with van der Waals surface area (Å²) in [6.45, 7) is 14.6. The molecule has 174 valence electrons. The van der Waals surface area contributed by atoms with Gasteiger partial charge >= 0.3 is 0 Å². The Labute approximate surface area is 194 Å². The SMILES string of the molecule is C[C@@H](c1ccccc1)N1CCC(CCO[Si](C)(C)C(C)(C)C)(Cc2ccc(F)cc2)C1=O. The number of nitrogens with zero attached hydrogens (tertiary/aromatic N) is 1. The van der Waals surface area contributed by atoms with Crippen molar-refractivity contribution in [3.05, 3.63) is 71.5 Å². The van der Waals surface area contributed by atoms with Gasteiger partial charge in [0.05, 0.1) is 11.5 Å². The lowest BCUT2D eigenvalue weighted by atomic mass is 9.77. The third-order valence-electron chi connectivity index (χ3n) is 7.60. The summed E-state index contributed by atoms with van der Waals surface area (Å²) < 4.78 is 20.0. The van der Waals surface area contributed by atoms with Crippen LogP contribution < -0.4 is 0 Å². The molecule has 32 heavy (non-hydrogen) atoms. The van der Waals surface area contributed by atoms with E-state index in [9.17, 15) is 9.18 Å². The molecule has 3 nitrogen and oxygen atoms in total. The van der Waals surface area contributed by atoms with Gasteiger partial charge in [-0.25, -0.2) is 4.39 Å². The summed E-state index contributed by atoms with van der Waals surface area (Å²) in [7, 11) is -1.90. The van der Waals surface area contributed by atoms with Crippen LogP contribution in [0.2, 0.25) is 18.1 Å². The number of hydrogen-bond acceptors (Lipinski definition) is 2. The zero-order valence-corrected chi connectivity index (χ0v) is 21.5. The molecule has 0 bridgehead atoms. The first-order chi connectivity index (χ1) is 15.0. The van der Waals surface area contributed by atoms with Crippen LogP contribution in [-0.2, 0) is 15.6 Å². The van der Waals surface area contributed by atoms with E-state index in [-0.39, 0.29) is 22.8 Å². The highest BCUT2D eigenvalue weighted by Gasteiger charge is 2.48. The van der Waals surface area contributed by atoms with Gasteiger partial charge < -0.3 is 9.33 Å². The van der Waals surface area contributed by atoms with Crippen molar-refractivity contribution in [1.29, 1.82) is 0 Å². The lowest BCUT2D eigenvalue weighted by molar-refractivity contribution is -0.138. The third kappa shape index (κ3) is 5.32. The van der Waals surface area contributed by atoms with E-state index in [0.717, 1.165) is 24.1 Å². The van der Waals surface area contributed by atoms with Crippen LogP contribution in [-0.4, -0.2) is 32.3 Å². The molecule has 1 amide bonds. The van der Waals surface area contributed by atoms with Gasteiger partial charge in [0, 0.05) is 13.2 Å². The van der Waals surface area contributed by atoms with Crippen molar-refractivity contribution in [2.75, 3.05) is 13.2 Å². The number of hydrogen-bond donors (Lipinski definition) is 0. The Morgan fingerprint density at radius 3 is 2.31 bits per heavy atom. The van der Waals surface area contributed by atoms with Crippen LogP contribution in [0.1, 0.15) is 57.7 Å². The van der Waals surface area contributed by atoms with Crippen molar-refractivity contribution in [1.82, 2.24) is 4.90 Å². The van der Waals surface area contributed by atoms with Gasteiger partial charge in [-0.3, -0.25) is 4.79 Å².